The second-order valence-electron chi connectivity index (χ2n) is 6.43. The van der Waals surface area contributed by atoms with Crippen LogP contribution < -0.4 is 15.5 Å². The van der Waals surface area contributed by atoms with E-state index in [1.54, 1.807) is 12.3 Å². The van der Waals surface area contributed by atoms with Crippen LogP contribution in [0, 0.1) is 5.92 Å². The van der Waals surface area contributed by atoms with Crippen LogP contribution >= 0.6 is 0 Å². The largest absolute Gasteiger partial charge is 0.385 e. The number of nitrogens with zero attached hydrogens (tertiary/aromatic N) is 2. The maximum atomic E-state index is 12.4. The molecule has 5 heteroatoms. The summed E-state index contributed by atoms with van der Waals surface area (Å²) in [5, 5.41) is 6.21. The van der Waals surface area contributed by atoms with E-state index in [4.69, 9.17) is 0 Å². The standard InChI is InChI=1S/C19H26N4O/c1-14(2)9-11-20-16-10-12-21-18(13-16)19(24)22-15-5-7-17(8-6-15)23(3)4/h5-8,10,12-14H,9,11H2,1-4H3,(H,20,21)(H,22,24). The number of pyridine rings is 1. The highest BCUT2D eigenvalue weighted by Gasteiger charge is 2.09. The molecule has 0 saturated carbocycles. The number of carbonyl (C=O) groups excluding carboxylic acids is 1. The molecule has 0 aliphatic carbocycles. The van der Waals surface area contributed by atoms with Crippen molar-refractivity contribution in [3.63, 3.8) is 0 Å². The molecular formula is C19H26N4O. The van der Waals surface area contributed by atoms with Gasteiger partial charge in [0.1, 0.15) is 5.69 Å². The van der Waals surface area contributed by atoms with Crippen LogP contribution in [-0.2, 0) is 0 Å². The van der Waals surface area contributed by atoms with Gasteiger partial charge in [0.15, 0.2) is 0 Å². The van der Waals surface area contributed by atoms with Crippen LogP contribution in [0.4, 0.5) is 17.1 Å². The molecule has 5 nitrogen and oxygen atoms in total. The van der Waals surface area contributed by atoms with Crippen molar-refractivity contribution in [3.8, 4) is 0 Å². The average molecular weight is 326 g/mol. The molecule has 0 saturated heterocycles. The third-order valence-electron chi connectivity index (χ3n) is 3.68. The number of rotatable bonds is 7. The first-order valence-corrected chi connectivity index (χ1v) is 8.24. The first-order valence-electron chi connectivity index (χ1n) is 8.24. The molecule has 0 aliphatic rings. The van der Waals surface area contributed by atoms with Crippen LogP contribution in [0.2, 0.25) is 0 Å². The highest BCUT2D eigenvalue weighted by Crippen LogP contribution is 2.17. The lowest BCUT2D eigenvalue weighted by Gasteiger charge is -2.13. The Hall–Kier alpha value is -2.56. The van der Waals surface area contributed by atoms with E-state index in [1.165, 1.54) is 0 Å². The van der Waals surface area contributed by atoms with E-state index >= 15 is 0 Å². The summed E-state index contributed by atoms with van der Waals surface area (Å²) < 4.78 is 0. The van der Waals surface area contributed by atoms with E-state index < -0.39 is 0 Å². The first-order chi connectivity index (χ1) is 11.5. The van der Waals surface area contributed by atoms with Gasteiger partial charge in [0.2, 0.25) is 0 Å². The number of amides is 1. The van der Waals surface area contributed by atoms with Gasteiger partial charge in [-0.3, -0.25) is 9.78 Å². The normalized spacial score (nSPS) is 10.5. The van der Waals surface area contributed by atoms with Crippen molar-refractivity contribution in [2.24, 2.45) is 5.92 Å². The lowest BCUT2D eigenvalue weighted by atomic mass is 10.1. The van der Waals surface area contributed by atoms with Crippen molar-refractivity contribution in [1.29, 1.82) is 0 Å². The summed E-state index contributed by atoms with van der Waals surface area (Å²) in [4.78, 5) is 18.5. The Labute approximate surface area is 144 Å². The molecule has 1 amide bonds. The van der Waals surface area contributed by atoms with Gasteiger partial charge in [-0.25, -0.2) is 0 Å². The fraction of sp³-hybridized carbons (Fsp3) is 0.368. The summed E-state index contributed by atoms with van der Waals surface area (Å²) in [6, 6.07) is 11.4. The monoisotopic (exact) mass is 326 g/mol. The van der Waals surface area contributed by atoms with Crippen LogP contribution in [0.3, 0.4) is 0 Å². The van der Waals surface area contributed by atoms with Gasteiger partial charge in [0.05, 0.1) is 0 Å². The summed E-state index contributed by atoms with van der Waals surface area (Å²) in [5.74, 6) is 0.437. The van der Waals surface area contributed by atoms with E-state index in [2.05, 4.69) is 29.5 Å². The highest BCUT2D eigenvalue weighted by molar-refractivity contribution is 6.03. The summed E-state index contributed by atoms with van der Waals surface area (Å²) in [6.45, 7) is 5.26. The molecular weight excluding hydrogens is 300 g/mol. The van der Waals surface area contributed by atoms with Gasteiger partial charge in [0, 0.05) is 43.9 Å². The zero-order valence-electron chi connectivity index (χ0n) is 14.8. The van der Waals surface area contributed by atoms with Gasteiger partial charge in [-0.15, -0.1) is 0 Å². The summed E-state index contributed by atoms with van der Waals surface area (Å²) in [5.41, 5.74) is 3.16. The van der Waals surface area contributed by atoms with E-state index in [9.17, 15) is 4.79 Å². The third-order valence-corrected chi connectivity index (χ3v) is 3.68. The molecule has 0 aliphatic heterocycles. The van der Waals surface area contributed by atoms with Crippen LogP contribution in [0.1, 0.15) is 30.8 Å². The van der Waals surface area contributed by atoms with Crippen molar-refractivity contribution in [2.45, 2.75) is 20.3 Å². The topological polar surface area (TPSA) is 57.3 Å². The number of nitrogens with one attached hydrogen (secondary N) is 2. The smallest absolute Gasteiger partial charge is 0.274 e. The van der Waals surface area contributed by atoms with Gasteiger partial charge in [-0.1, -0.05) is 13.8 Å². The Morgan fingerprint density at radius 1 is 1.12 bits per heavy atom. The predicted octanol–water partition coefficient (Wildman–Crippen LogP) is 3.86. The van der Waals surface area contributed by atoms with E-state index in [-0.39, 0.29) is 5.91 Å². The summed E-state index contributed by atoms with van der Waals surface area (Å²) >= 11 is 0. The Balaban J connectivity index is 1.99. The second-order valence-corrected chi connectivity index (χ2v) is 6.43. The summed E-state index contributed by atoms with van der Waals surface area (Å²) in [6.07, 6.45) is 2.74. The van der Waals surface area contributed by atoms with Gasteiger partial charge in [-0.2, -0.15) is 0 Å². The van der Waals surface area contributed by atoms with Crippen molar-refractivity contribution in [3.05, 3.63) is 48.3 Å². The molecule has 128 valence electrons. The molecule has 2 N–H and O–H groups in total. The molecule has 2 aromatic rings. The molecule has 0 radical (unpaired) electrons. The van der Waals surface area contributed by atoms with Crippen LogP contribution in [0.15, 0.2) is 42.6 Å². The Kier molecular flexibility index (Phi) is 6.18. The minimum absolute atomic E-state index is 0.208. The minimum atomic E-state index is -0.208. The Morgan fingerprint density at radius 3 is 2.46 bits per heavy atom. The average Bonchev–Trinajstić information content (AvgIpc) is 2.55. The highest BCUT2D eigenvalue weighted by atomic mass is 16.1. The number of anilines is 3. The fourth-order valence-corrected chi connectivity index (χ4v) is 2.21. The van der Waals surface area contributed by atoms with E-state index in [1.807, 2.05) is 49.3 Å². The lowest BCUT2D eigenvalue weighted by Crippen LogP contribution is -2.14. The van der Waals surface area contributed by atoms with E-state index in [0.29, 0.717) is 11.6 Å². The van der Waals surface area contributed by atoms with Gasteiger partial charge >= 0.3 is 0 Å². The SMILES string of the molecule is CC(C)CCNc1ccnc(C(=O)Nc2ccc(N(C)C)cc2)c1. The van der Waals surface area contributed by atoms with E-state index in [0.717, 1.165) is 30.0 Å². The Bertz CT molecular complexity index is 665. The lowest BCUT2D eigenvalue weighted by molar-refractivity contribution is 0.102. The second kappa shape index (κ2) is 8.34. The number of hydrogen-bond acceptors (Lipinski definition) is 4. The molecule has 0 bridgehead atoms. The maximum Gasteiger partial charge on any atom is 0.274 e. The van der Waals surface area contributed by atoms with Crippen molar-refractivity contribution >= 4 is 23.0 Å². The molecule has 2 rings (SSSR count). The number of benzene rings is 1. The van der Waals surface area contributed by atoms with Gasteiger partial charge in [-0.05, 0) is 48.7 Å². The first kappa shape index (κ1) is 17.8. The molecule has 1 heterocycles. The number of aromatic nitrogens is 1. The number of hydrogen-bond donors (Lipinski definition) is 2. The zero-order valence-corrected chi connectivity index (χ0v) is 14.8. The molecule has 0 unspecified atom stereocenters. The van der Waals surface area contributed by atoms with Crippen LogP contribution in [0.5, 0.6) is 0 Å². The molecule has 1 aromatic heterocycles. The Morgan fingerprint density at radius 2 is 1.83 bits per heavy atom. The molecule has 1 aromatic carbocycles. The minimum Gasteiger partial charge on any atom is -0.385 e. The number of carbonyl (C=O) groups is 1. The maximum absolute atomic E-state index is 12.4. The molecule has 0 atom stereocenters. The summed E-state index contributed by atoms with van der Waals surface area (Å²) in [7, 11) is 3.96. The van der Waals surface area contributed by atoms with Crippen molar-refractivity contribution in [1.82, 2.24) is 4.98 Å². The molecule has 24 heavy (non-hydrogen) atoms. The van der Waals surface area contributed by atoms with Crippen molar-refractivity contribution in [2.75, 3.05) is 36.2 Å². The van der Waals surface area contributed by atoms with Crippen LogP contribution in [0.25, 0.3) is 0 Å². The van der Waals surface area contributed by atoms with Gasteiger partial charge < -0.3 is 15.5 Å². The predicted molar refractivity (Wildman–Crippen MR) is 101 cm³/mol. The fourth-order valence-electron chi connectivity index (χ4n) is 2.21. The van der Waals surface area contributed by atoms with Crippen LogP contribution in [-0.4, -0.2) is 31.5 Å². The zero-order chi connectivity index (χ0) is 17.5. The quantitative estimate of drug-likeness (QED) is 0.811. The molecule has 0 fully saturated rings. The third kappa shape index (κ3) is 5.26. The van der Waals surface area contributed by atoms with Crippen molar-refractivity contribution < 1.29 is 4.79 Å². The van der Waals surface area contributed by atoms with Gasteiger partial charge in [0.25, 0.3) is 5.91 Å². The molecule has 0 spiro atoms.